The minimum absolute atomic E-state index is 0. The minimum atomic E-state index is -1.15. The van der Waals surface area contributed by atoms with Crippen LogP contribution in [-0.2, 0) is 41.4 Å². The molecule has 0 saturated heterocycles. The SMILES string of the molecule is C.C.C.C.CCc1cccc(Cc2cccc(CC)c2O[SiH2][O][AlH][O][SiH2]O[SiH2]C)c1O[SiH2][O][AlH][O][SiH2]O[SiH2]C. The van der Waals surface area contributed by atoms with Gasteiger partial charge >= 0.3 is 51.8 Å². The van der Waals surface area contributed by atoms with Gasteiger partial charge in [0.05, 0.1) is 0 Å². The molecule has 0 aliphatic carbocycles. The fraction of sp³-hybridized carbons (Fsp3) is 0.478. The van der Waals surface area contributed by atoms with Crippen molar-refractivity contribution in [3.05, 3.63) is 58.7 Å². The Labute approximate surface area is 266 Å². The molecule has 224 valence electrons. The first-order valence-electron chi connectivity index (χ1n) is 12.2. The number of para-hydroxylation sites is 2. The molecule has 2 rings (SSSR count). The zero-order valence-electron chi connectivity index (χ0n) is 21.5. The van der Waals surface area contributed by atoms with Crippen LogP contribution in [0.1, 0.15) is 65.8 Å². The normalized spacial score (nSPS) is 11.6. The van der Waals surface area contributed by atoms with E-state index in [1.54, 1.807) is 0 Å². The van der Waals surface area contributed by atoms with E-state index < -0.39 is 71.8 Å². The largest absolute Gasteiger partial charge is 0.630 e. The molecule has 0 atom stereocenters. The average molecular weight is 681 g/mol. The predicted octanol–water partition coefficient (Wildman–Crippen LogP) is 0.596. The molecular formula is C23H54Al2O8Si6. The molecule has 16 heteroatoms. The van der Waals surface area contributed by atoms with Crippen LogP contribution >= 0.6 is 0 Å². The topological polar surface area (TPSA) is 73.8 Å². The van der Waals surface area contributed by atoms with E-state index in [1.165, 1.54) is 11.1 Å². The average Bonchev–Trinajstić information content (AvgIpc) is 2.88. The first-order valence-corrected chi connectivity index (χ1v) is 23.1. The van der Waals surface area contributed by atoms with E-state index in [9.17, 15) is 0 Å². The Kier molecular flexibility index (Phi) is 31.6. The van der Waals surface area contributed by atoms with E-state index in [2.05, 4.69) is 63.3 Å². The highest BCUT2D eigenvalue weighted by molar-refractivity contribution is 6.46. The molecule has 0 saturated carbocycles. The van der Waals surface area contributed by atoms with Crippen molar-refractivity contribution >= 4 is 91.3 Å². The van der Waals surface area contributed by atoms with Crippen LogP contribution < -0.4 is 8.85 Å². The van der Waals surface area contributed by atoms with Gasteiger partial charge in [-0.2, -0.15) is 0 Å². The summed E-state index contributed by atoms with van der Waals surface area (Å²) in [5.41, 5.74) is 4.71. The summed E-state index contributed by atoms with van der Waals surface area (Å²) in [6.07, 6.45) is 2.55. The van der Waals surface area contributed by atoms with Crippen molar-refractivity contribution < 1.29 is 31.0 Å². The Balaban J connectivity index is -0.00000324. The van der Waals surface area contributed by atoms with Crippen molar-refractivity contribution in [1.29, 1.82) is 0 Å². The zero-order valence-corrected chi connectivity index (χ0v) is 32.8. The molecule has 2 aromatic rings. The van der Waals surface area contributed by atoms with E-state index in [0.717, 1.165) is 41.9 Å². The molecule has 0 aliphatic rings. The summed E-state index contributed by atoms with van der Waals surface area (Å²) in [6.45, 7) is 8.54. The molecule has 0 N–H and O–H groups in total. The van der Waals surface area contributed by atoms with Gasteiger partial charge in [0.15, 0.2) is 0 Å². The molecule has 0 unspecified atom stereocenters. The number of aryl methyl sites for hydroxylation is 2. The maximum atomic E-state index is 6.26. The van der Waals surface area contributed by atoms with E-state index in [0.29, 0.717) is 0 Å². The molecule has 0 radical (unpaired) electrons. The molecular weight excluding hydrogens is 627 g/mol. The molecule has 39 heavy (non-hydrogen) atoms. The Morgan fingerprint density at radius 2 is 0.923 bits per heavy atom. The smallest absolute Gasteiger partial charge is 0.526 e. The first kappa shape index (κ1) is 43.6. The fourth-order valence-corrected chi connectivity index (χ4v) is 13.6. The summed E-state index contributed by atoms with van der Waals surface area (Å²) in [6, 6.07) is 12.8. The van der Waals surface area contributed by atoms with Gasteiger partial charge in [-0.1, -0.05) is 93.0 Å². The Morgan fingerprint density at radius 3 is 1.28 bits per heavy atom. The summed E-state index contributed by atoms with van der Waals surface area (Å²) < 4.78 is 46.3. The van der Waals surface area contributed by atoms with Gasteiger partial charge in [0.1, 0.15) is 31.0 Å². The second-order valence-corrected chi connectivity index (χ2v) is 20.4. The molecule has 0 spiro atoms. The maximum Gasteiger partial charge on any atom is 0.630 e. The zero-order chi connectivity index (χ0) is 25.1. The highest BCUT2D eigenvalue weighted by Crippen LogP contribution is 2.32. The van der Waals surface area contributed by atoms with Crippen LogP contribution in [0.25, 0.3) is 0 Å². The van der Waals surface area contributed by atoms with Crippen molar-refractivity contribution in [2.45, 2.75) is 75.9 Å². The van der Waals surface area contributed by atoms with Crippen molar-refractivity contribution in [1.82, 2.24) is 0 Å². The number of hydrogen-bond acceptors (Lipinski definition) is 8. The second-order valence-electron chi connectivity index (χ2n) is 7.49. The fourth-order valence-electron chi connectivity index (χ4n) is 3.43. The molecule has 0 fully saturated rings. The highest BCUT2D eigenvalue weighted by Gasteiger charge is 2.15. The predicted molar refractivity (Wildman–Crippen MR) is 186 cm³/mol. The molecule has 0 amide bonds. The van der Waals surface area contributed by atoms with Gasteiger partial charge in [0, 0.05) is 6.42 Å². The van der Waals surface area contributed by atoms with Crippen LogP contribution in [0.3, 0.4) is 0 Å². The quantitative estimate of drug-likeness (QED) is 0.149. The number of benzene rings is 2. The second kappa shape index (κ2) is 28.3. The van der Waals surface area contributed by atoms with Crippen LogP contribution in [0.15, 0.2) is 36.4 Å². The van der Waals surface area contributed by atoms with Gasteiger partial charge < -0.3 is 31.0 Å². The van der Waals surface area contributed by atoms with Crippen LogP contribution in [0.2, 0.25) is 13.1 Å². The van der Waals surface area contributed by atoms with Crippen LogP contribution in [0, 0.1) is 0 Å². The Morgan fingerprint density at radius 1 is 0.564 bits per heavy atom. The van der Waals surface area contributed by atoms with Gasteiger partial charge in [0.2, 0.25) is 0 Å². The summed E-state index contributed by atoms with van der Waals surface area (Å²) in [7, 11) is -4.70. The monoisotopic (exact) mass is 680 g/mol. The molecule has 8 nitrogen and oxygen atoms in total. The summed E-state index contributed by atoms with van der Waals surface area (Å²) in [4.78, 5) is 0. The number of rotatable bonds is 20. The van der Waals surface area contributed by atoms with Crippen LogP contribution in [0.5, 0.6) is 11.5 Å². The van der Waals surface area contributed by atoms with Crippen molar-refractivity contribution in [3.8, 4) is 11.5 Å². The minimum Gasteiger partial charge on any atom is -0.526 e. The van der Waals surface area contributed by atoms with Gasteiger partial charge in [0.25, 0.3) is 20.0 Å². The van der Waals surface area contributed by atoms with Crippen LogP contribution in [-0.4, -0.2) is 91.3 Å². The van der Waals surface area contributed by atoms with Crippen molar-refractivity contribution in [3.63, 3.8) is 0 Å². The van der Waals surface area contributed by atoms with Gasteiger partial charge in [-0.25, -0.2) is 0 Å². The molecule has 0 bridgehead atoms. The molecule has 0 aromatic heterocycles. The van der Waals surface area contributed by atoms with Crippen molar-refractivity contribution in [2.75, 3.05) is 0 Å². The lowest BCUT2D eigenvalue weighted by Gasteiger charge is -2.19. The van der Waals surface area contributed by atoms with Crippen LogP contribution in [0.4, 0.5) is 0 Å². The van der Waals surface area contributed by atoms with Gasteiger partial charge in [-0.3, -0.25) is 0 Å². The third kappa shape index (κ3) is 17.0. The Bertz CT molecular complexity index is 793. The summed E-state index contributed by atoms with van der Waals surface area (Å²) >= 11 is -1.98. The lowest BCUT2D eigenvalue weighted by atomic mass is 9.97. The lowest BCUT2D eigenvalue weighted by molar-refractivity contribution is 0.398. The van der Waals surface area contributed by atoms with Crippen molar-refractivity contribution in [2.24, 2.45) is 0 Å². The lowest BCUT2D eigenvalue weighted by Crippen LogP contribution is -2.18. The van der Waals surface area contributed by atoms with E-state index in [-0.39, 0.29) is 49.2 Å². The molecule has 0 aliphatic heterocycles. The van der Waals surface area contributed by atoms with E-state index >= 15 is 0 Å². The van der Waals surface area contributed by atoms with Gasteiger partial charge in [-0.05, 0) is 35.1 Å². The first-order chi connectivity index (χ1) is 17.2. The summed E-state index contributed by atoms with van der Waals surface area (Å²) in [5.74, 6) is 1.91. The van der Waals surface area contributed by atoms with E-state index in [4.69, 9.17) is 31.0 Å². The third-order valence-electron chi connectivity index (χ3n) is 5.15. The number of hydrogen-bond donors (Lipinski definition) is 0. The van der Waals surface area contributed by atoms with E-state index in [1.807, 2.05) is 0 Å². The maximum absolute atomic E-state index is 6.26. The highest BCUT2D eigenvalue weighted by atomic mass is 28.3. The molecule has 2 aromatic carbocycles. The summed E-state index contributed by atoms with van der Waals surface area (Å²) in [5, 5.41) is 0. The molecule has 0 heterocycles. The Hall–Kier alpha value is 0.166. The standard InChI is InChI=1S/C17H22O4Si2.2CH7O2Si2.4CH4.2Al.2H/c1-3-12-7-5-9-14(16(12)20-22-18)11-15-10-6-8-13(4-2)17(15)21-23-19;2*1-4-3-5-2;;;;;;;;/h5-10H,3-4,11,22-23H2,1-2H3;2*4-5H2,1H3;4*1H4;;;;/q-2;2*-1;;;;;2*+2;;. The third-order valence-corrected chi connectivity index (χ3v) is 15.9. The van der Waals surface area contributed by atoms with Gasteiger partial charge in [-0.15, -0.1) is 0 Å².